The maximum atomic E-state index is 11.5. The summed E-state index contributed by atoms with van der Waals surface area (Å²) in [6, 6.07) is 23.8. The number of benzene rings is 3. The van der Waals surface area contributed by atoms with Crippen LogP contribution in [0, 0.1) is 0 Å². The van der Waals surface area contributed by atoms with Gasteiger partial charge in [-0.3, -0.25) is 4.79 Å². The predicted molar refractivity (Wildman–Crippen MR) is 104 cm³/mol. The largest absolute Gasteiger partial charge is 0.436 e. The van der Waals surface area contributed by atoms with Gasteiger partial charge in [-0.15, -0.1) is 0 Å². The molecular weight excluding hydrogens is 324 g/mol. The fourth-order valence-electron chi connectivity index (χ4n) is 2.81. The molecule has 1 heterocycles. The van der Waals surface area contributed by atoms with Gasteiger partial charge in [0.05, 0.1) is 0 Å². The third-order valence-electron chi connectivity index (χ3n) is 4.23. The van der Waals surface area contributed by atoms with Crippen LogP contribution in [0.5, 0.6) is 0 Å². The van der Waals surface area contributed by atoms with Crippen molar-refractivity contribution in [3.05, 3.63) is 72.8 Å². The molecule has 4 aromatic rings. The number of rotatable bonds is 4. The van der Waals surface area contributed by atoms with E-state index in [9.17, 15) is 4.79 Å². The monoisotopic (exact) mass is 342 g/mol. The van der Waals surface area contributed by atoms with Crippen molar-refractivity contribution in [1.82, 2.24) is 4.98 Å². The standard InChI is InChI=1S/C22H18N2O2/c1-2-21(25)23-18-12-13-20-19(14-18)24-22(26-20)17-10-8-16(9-11-17)15-6-4-3-5-7-15/h3-14H,2H2,1H3,(H,23,25). The Hall–Kier alpha value is -3.40. The number of carbonyl (C=O) groups is 1. The molecule has 0 spiro atoms. The fourth-order valence-corrected chi connectivity index (χ4v) is 2.81. The first-order valence-corrected chi connectivity index (χ1v) is 8.59. The van der Waals surface area contributed by atoms with Crippen LogP contribution >= 0.6 is 0 Å². The Labute approximate surface area is 151 Å². The summed E-state index contributed by atoms with van der Waals surface area (Å²) in [7, 11) is 0. The third kappa shape index (κ3) is 3.22. The molecular formula is C22H18N2O2. The van der Waals surface area contributed by atoms with Gasteiger partial charge in [0.1, 0.15) is 5.52 Å². The lowest BCUT2D eigenvalue weighted by atomic mass is 10.0. The van der Waals surface area contributed by atoms with Crippen molar-refractivity contribution in [2.75, 3.05) is 5.32 Å². The van der Waals surface area contributed by atoms with Gasteiger partial charge in [-0.25, -0.2) is 4.98 Å². The highest BCUT2D eigenvalue weighted by Gasteiger charge is 2.10. The number of nitrogens with one attached hydrogen (secondary N) is 1. The summed E-state index contributed by atoms with van der Waals surface area (Å²) in [4.78, 5) is 16.1. The molecule has 1 amide bonds. The minimum atomic E-state index is -0.0235. The summed E-state index contributed by atoms with van der Waals surface area (Å²) >= 11 is 0. The molecule has 0 saturated carbocycles. The van der Waals surface area contributed by atoms with Crippen molar-refractivity contribution in [3.63, 3.8) is 0 Å². The Bertz CT molecular complexity index is 1050. The molecule has 4 heteroatoms. The number of fused-ring (bicyclic) bond motifs is 1. The topological polar surface area (TPSA) is 55.1 Å². The van der Waals surface area contributed by atoms with E-state index in [1.165, 1.54) is 5.56 Å². The quantitative estimate of drug-likeness (QED) is 0.532. The molecule has 0 aliphatic carbocycles. The van der Waals surface area contributed by atoms with Crippen LogP contribution in [0.25, 0.3) is 33.7 Å². The van der Waals surface area contributed by atoms with Crippen LogP contribution in [-0.2, 0) is 4.79 Å². The molecule has 1 aromatic heterocycles. The maximum absolute atomic E-state index is 11.5. The first-order chi connectivity index (χ1) is 12.7. The number of aromatic nitrogens is 1. The van der Waals surface area contributed by atoms with Crippen molar-refractivity contribution < 1.29 is 9.21 Å². The second-order valence-electron chi connectivity index (χ2n) is 6.05. The van der Waals surface area contributed by atoms with E-state index in [4.69, 9.17) is 4.42 Å². The Kier molecular flexibility index (Phi) is 4.23. The van der Waals surface area contributed by atoms with Crippen molar-refractivity contribution in [1.29, 1.82) is 0 Å². The molecule has 4 nitrogen and oxygen atoms in total. The molecule has 1 N–H and O–H groups in total. The molecule has 26 heavy (non-hydrogen) atoms. The SMILES string of the molecule is CCC(=O)Nc1ccc2oc(-c3ccc(-c4ccccc4)cc3)nc2c1. The number of hydrogen-bond acceptors (Lipinski definition) is 3. The van der Waals surface area contributed by atoms with Gasteiger partial charge < -0.3 is 9.73 Å². The summed E-state index contributed by atoms with van der Waals surface area (Å²) in [5.74, 6) is 0.545. The average Bonchev–Trinajstić information content (AvgIpc) is 3.12. The Balaban J connectivity index is 1.63. The lowest BCUT2D eigenvalue weighted by Gasteiger charge is -2.02. The molecule has 4 rings (SSSR count). The first-order valence-electron chi connectivity index (χ1n) is 8.59. The molecule has 0 fully saturated rings. The van der Waals surface area contributed by atoms with Crippen LogP contribution in [-0.4, -0.2) is 10.9 Å². The lowest BCUT2D eigenvalue weighted by Crippen LogP contribution is -2.08. The summed E-state index contributed by atoms with van der Waals surface area (Å²) in [5, 5.41) is 2.84. The summed E-state index contributed by atoms with van der Waals surface area (Å²) in [6.45, 7) is 1.82. The molecule has 0 radical (unpaired) electrons. The summed E-state index contributed by atoms with van der Waals surface area (Å²) in [5.41, 5.74) is 5.38. The lowest BCUT2D eigenvalue weighted by molar-refractivity contribution is -0.115. The minimum absolute atomic E-state index is 0.0235. The van der Waals surface area contributed by atoms with Crippen molar-refractivity contribution in [3.8, 4) is 22.6 Å². The van der Waals surface area contributed by atoms with E-state index in [1.54, 1.807) is 0 Å². The van der Waals surface area contributed by atoms with Gasteiger partial charge in [0.25, 0.3) is 0 Å². The first kappa shape index (κ1) is 16.1. The number of oxazole rings is 1. The molecule has 0 bridgehead atoms. The fraction of sp³-hybridized carbons (Fsp3) is 0.0909. The number of nitrogens with zero attached hydrogens (tertiary/aromatic N) is 1. The number of carbonyl (C=O) groups excluding carboxylic acids is 1. The van der Waals surface area contributed by atoms with Gasteiger partial charge in [-0.1, -0.05) is 49.4 Å². The number of amides is 1. The molecule has 3 aromatic carbocycles. The highest BCUT2D eigenvalue weighted by atomic mass is 16.3. The van der Waals surface area contributed by atoms with Gasteiger partial charge in [0, 0.05) is 17.7 Å². The average molecular weight is 342 g/mol. The highest BCUT2D eigenvalue weighted by Crippen LogP contribution is 2.28. The second-order valence-corrected chi connectivity index (χ2v) is 6.05. The van der Waals surface area contributed by atoms with E-state index >= 15 is 0 Å². The predicted octanol–water partition coefficient (Wildman–Crippen LogP) is 5.51. The number of hydrogen-bond donors (Lipinski definition) is 1. The van der Waals surface area contributed by atoms with Crippen LogP contribution in [0.2, 0.25) is 0 Å². The van der Waals surface area contributed by atoms with Crippen LogP contribution in [0.4, 0.5) is 5.69 Å². The zero-order valence-corrected chi connectivity index (χ0v) is 14.4. The molecule has 0 saturated heterocycles. The Morgan fingerprint density at radius 2 is 1.62 bits per heavy atom. The molecule has 0 aliphatic heterocycles. The smallest absolute Gasteiger partial charge is 0.227 e. The zero-order valence-electron chi connectivity index (χ0n) is 14.4. The van der Waals surface area contributed by atoms with Crippen LogP contribution in [0.15, 0.2) is 77.2 Å². The zero-order chi connectivity index (χ0) is 17.9. The van der Waals surface area contributed by atoms with E-state index in [0.717, 1.165) is 22.3 Å². The van der Waals surface area contributed by atoms with E-state index < -0.39 is 0 Å². The van der Waals surface area contributed by atoms with Gasteiger partial charge in [-0.05, 0) is 41.5 Å². The van der Waals surface area contributed by atoms with Gasteiger partial charge >= 0.3 is 0 Å². The van der Waals surface area contributed by atoms with Crippen LogP contribution < -0.4 is 5.32 Å². The normalized spacial score (nSPS) is 10.8. The van der Waals surface area contributed by atoms with Gasteiger partial charge in [0.2, 0.25) is 11.8 Å². The van der Waals surface area contributed by atoms with E-state index in [-0.39, 0.29) is 5.91 Å². The van der Waals surface area contributed by atoms with Crippen molar-refractivity contribution in [2.24, 2.45) is 0 Å². The van der Waals surface area contributed by atoms with Crippen molar-refractivity contribution >= 4 is 22.7 Å². The minimum Gasteiger partial charge on any atom is -0.436 e. The Morgan fingerprint density at radius 1 is 0.923 bits per heavy atom. The second kappa shape index (κ2) is 6.84. The number of anilines is 1. The van der Waals surface area contributed by atoms with E-state index in [1.807, 2.05) is 55.5 Å². The highest BCUT2D eigenvalue weighted by molar-refractivity contribution is 5.92. The van der Waals surface area contributed by atoms with Crippen LogP contribution in [0.3, 0.4) is 0 Å². The molecule has 0 unspecified atom stereocenters. The van der Waals surface area contributed by atoms with Crippen LogP contribution in [0.1, 0.15) is 13.3 Å². The Morgan fingerprint density at radius 3 is 2.35 bits per heavy atom. The van der Waals surface area contributed by atoms with Crippen molar-refractivity contribution in [2.45, 2.75) is 13.3 Å². The molecule has 0 aliphatic rings. The maximum Gasteiger partial charge on any atom is 0.227 e. The van der Waals surface area contributed by atoms with Gasteiger partial charge in [-0.2, -0.15) is 0 Å². The third-order valence-corrected chi connectivity index (χ3v) is 4.23. The summed E-state index contributed by atoms with van der Waals surface area (Å²) in [6.07, 6.45) is 0.440. The molecule has 128 valence electrons. The van der Waals surface area contributed by atoms with E-state index in [0.29, 0.717) is 17.9 Å². The van der Waals surface area contributed by atoms with Gasteiger partial charge in [0.15, 0.2) is 5.58 Å². The summed E-state index contributed by atoms with van der Waals surface area (Å²) < 4.78 is 5.86. The van der Waals surface area contributed by atoms with E-state index in [2.05, 4.69) is 34.6 Å². The molecule has 0 atom stereocenters.